The zero-order valence-electron chi connectivity index (χ0n) is 15.7. The fourth-order valence-corrected chi connectivity index (χ4v) is 4.14. The fraction of sp³-hybridized carbons (Fsp3) is 0.632. The molecule has 0 spiro atoms. The van der Waals surface area contributed by atoms with Crippen molar-refractivity contribution in [2.45, 2.75) is 37.6 Å². The largest absolute Gasteiger partial charge is 0.496 e. The fourth-order valence-electron chi connectivity index (χ4n) is 3.10. The summed E-state index contributed by atoms with van der Waals surface area (Å²) in [6.45, 7) is 8.38. The van der Waals surface area contributed by atoms with E-state index in [0.717, 1.165) is 31.1 Å². The molecule has 0 amide bonds. The maximum atomic E-state index is 6.03. The number of hydrogen-bond donors (Lipinski definition) is 2. The second kappa shape index (κ2) is 10.6. The van der Waals surface area contributed by atoms with Crippen molar-refractivity contribution >= 4 is 17.7 Å². The molecule has 0 saturated carbocycles. The molecule has 0 bridgehead atoms. The van der Waals surface area contributed by atoms with E-state index in [2.05, 4.69) is 35.1 Å². The van der Waals surface area contributed by atoms with E-state index < -0.39 is 0 Å². The van der Waals surface area contributed by atoms with E-state index >= 15 is 0 Å². The van der Waals surface area contributed by atoms with Crippen LogP contribution in [0.2, 0.25) is 0 Å². The second-order valence-corrected chi connectivity index (χ2v) is 7.66. The molecule has 3 N–H and O–H groups in total. The Morgan fingerprint density at radius 3 is 3.04 bits per heavy atom. The number of nitrogens with zero attached hydrogens (tertiary/aromatic N) is 2. The average Bonchev–Trinajstić information content (AvgIpc) is 3.10. The number of para-hydroxylation sites is 1. The van der Waals surface area contributed by atoms with Gasteiger partial charge < -0.3 is 15.8 Å². The molecule has 2 rings (SSSR count). The number of ether oxygens (including phenoxy) is 1. The Bertz CT molecular complexity index is 552. The van der Waals surface area contributed by atoms with Crippen molar-refractivity contribution < 1.29 is 4.74 Å². The van der Waals surface area contributed by atoms with Crippen molar-refractivity contribution in [3.63, 3.8) is 0 Å². The van der Waals surface area contributed by atoms with Crippen molar-refractivity contribution in [2.24, 2.45) is 16.6 Å². The second-order valence-electron chi connectivity index (χ2n) is 6.60. The van der Waals surface area contributed by atoms with E-state index in [1.807, 2.05) is 18.2 Å². The van der Waals surface area contributed by atoms with Gasteiger partial charge in [-0.3, -0.25) is 9.89 Å². The monoisotopic (exact) mass is 364 g/mol. The van der Waals surface area contributed by atoms with Crippen molar-refractivity contribution in [2.75, 3.05) is 39.0 Å². The summed E-state index contributed by atoms with van der Waals surface area (Å²) in [5, 5.41) is 3.30. The van der Waals surface area contributed by atoms with Crippen molar-refractivity contribution in [1.29, 1.82) is 0 Å². The first kappa shape index (κ1) is 19.9. The number of hydrogen-bond acceptors (Lipinski definition) is 4. The molecule has 25 heavy (non-hydrogen) atoms. The molecule has 1 fully saturated rings. The van der Waals surface area contributed by atoms with Gasteiger partial charge in [-0.05, 0) is 44.0 Å². The Morgan fingerprint density at radius 1 is 1.48 bits per heavy atom. The van der Waals surface area contributed by atoms with Crippen molar-refractivity contribution in [1.82, 2.24) is 10.2 Å². The van der Waals surface area contributed by atoms with Crippen LogP contribution in [0, 0.1) is 5.92 Å². The van der Waals surface area contributed by atoms with Gasteiger partial charge in [0.05, 0.1) is 7.11 Å². The standard InChI is InChI=1S/C19H32N4OS/c1-4-23-11-7-8-16(23)13-22-19(20)21-12-15(2)14-25-18-10-6-5-9-17(18)24-3/h5-6,9-10,15-16H,4,7-8,11-14H2,1-3H3,(H3,20,21,22). The Balaban J connectivity index is 1.70. The van der Waals surface area contributed by atoms with Crippen LogP contribution in [0.15, 0.2) is 34.2 Å². The summed E-state index contributed by atoms with van der Waals surface area (Å²) in [5.41, 5.74) is 6.03. The Labute approximate surface area is 156 Å². The zero-order chi connectivity index (χ0) is 18.1. The van der Waals surface area contributed by atoms with Gasteiger partial charge in [0, 0.05) is 29.8 Å². The van der Waals surface area contributed by atoms with Crippen LogP contribution >= 0.6 is 11.8 Å². The quantitative estimate of drug-likeness (QED) is 0.401. The van der Waals surface area contributed by atoms with Crippen molar-refractivity contribution in [3.8, 4) is 5.75 Å². The topological polar surface area (TPSA) is 62.9 Å². The van der Waals surface area contributed by atoms with Crippen LogP contribution in [0.3, 0.4) is 0 Å². The van der Waals surface area contributed by atoms with Gasteiger partial charge in [-0.1, -0.05) is 26.0 Å². The number of guanidine groups is 1. The number of benzene rings is 1. The van der Waals surface area contributed by atoms with Gasteiger partial charge in [0.25, 0.3) is 0 Å². The number of likely N-dealkylation sites (tertiary alicyclic amines) is 1. The third-order valence-electron chi connectivity index (χ3n) is 4.59. The summed E-state index contributed by atoms with van der Waals surface area (Å²) in [6, 6.07) is 8.72. The van der Waals surface area contributed by atoms with E-state index in [1.165, 1.54) is 24.3 Å². The van der Waals surface area contributed by atoms with Gasteiger partial charge in [0.1, 0.15) is 5.75 Å². The maximum absolute atomic E-state index is 6.03. The summed E-state index contributed by atoms with van der Waals surface area (Å²) in [7, 11) is 1.71. The lowest BCUT2D eigenvalue weighted by Gasteiger charge is -2.23. The normalized spacial score (nSPS) is 19.8. The first-order valence-electron chi connectivity index (χ1n) is 9.17. The van der Waals surface area contributed by atoms with Crippen LogP contribution in [0.4, 0.5) is 0 Å². The minimum Gasteiger partial charge on any atom is -0.496 e. The van der Waals surface area contributed by atoms with Gasteiger partial charge in [-0.25, -0.2) is 0 Å². The van der Waals surface area contributed by atoms with E-state index in [9.17, 15) is 0 Å². The molecule has 1 saturated heterocycles. The summed E-state index contributed by atoms with van der Waals surface area (Å²) in [4.78, 5) is 8.19. The lowest BCUT2D eigenvalue weighted by Crippen LogP contribution is -2.42. The van der Waals surface area contributed by atoms with Crippen LogP contribution < -0.4 is 15.8 Å². The van der Waals surface area contributed by atoms with Gasteiger partial charge in [-0.15, -0.1) is 11.8 Å². The highest BCUT2D eigenvalue weighted by Crippen LogP contribution is 2.30. The molecule has 0 radical (unpaired) electrons. The van der Waals surface area contributed by atoms with Gasteiger partial charge in [0.15, 0.2) is 5.96 Å². The average molecular weight is 365 g/mol. The van der Waals surface area contributed by atoms with Gasteiger partial charge in [0.2, 0.25) is 0 Å². The molecular formula is C19H32N4OS. The summed E-state index contributed by atoms with van der Waals surface area (Å²) >= 11 is 1.81. The van der Waals surface area contributed by atoms with Crippen molar-refractivity contribution in [3.05, 3.63) is 24.3 Å². The molecular weight excluding hydrogens is 332 g/mol. The minimum absolute atomic E-state index is 0.453. The lowest BCUT2D eigenvalue weighted by atomic mass is 10.2. The molecule has 1 aliphatic rings. The molecule has 2 unspecified atom stereocenters. The van der Waals surface area contributed by atoms with Crippen LogP contribution in [0.1, 0.15) is 26.7 Å². The number of likely N-dealkylation sites (N-methyl/N-ethyl adjacent to an activating group) is 1. The molecule has 1 aliphatic heterocycles. The number of nitrogens with two attached hydrogens (primary N) is 1. The van der Waals surface area contributed by atoms with Crippen LogP contribution in [-0.4, -0.2) is 55.9 Å². The lowest BCUT2D eigenvalue weighted by molar-refractivity contribution is 0.267. The van der Waals surface area contributed by atoms with Gasteiger partial charge >= 0.3 is 0 Å². The highest BCUT2D eigenvalue weighted by molar-refractivity contribution is 7.99. The highest BCUT2D eigenvalue weighted by Gasteiger charge is 2.22. The smallest absolute Gasteiger partial charge is 0.188 e. The first-order chi connectivity index (χ1) is 12.1. The predicted molar refractivity (Wildman–Crippen MR) is 108 cm³/mol. The SMILES string of the molecule is CCN1CCCC1CNC(N)=NCC(C)CSc1ccccc1OC. The van der Waals surface area contributed by atoms with E-state index in [1.54, 1.807) is 18.9 Å². The molecule has 2 atom stereocenters. The number of aliphatic imine (C=N–C) groups is 1. The zero-order valence-corrected chi connectivity index (χ0v) is 16.5. The summed E-state index contributed by atoms with van der Waals surface area (Å²) in [5.74, 6) is 2.94. The predicted octanol–water partition coefficient (Wildman–Crippen LogP) is 2.81. The molecule has 140 valence electrons. The third kappa shape index (κ3) is 6.44. The molecule has 6 heteroatoms. The molecule has 5 nitrogen and oxygen atoms in total. The molecule has 1 aromatic rings. The van der Waals surface area contributed by atoms with Crippen LogP contribution in [-0.2, 0) is 0 Å². The van der Waals surface area contributed by atoms with E-state index in [0.29, 0.717) is 17.9 Å². The minimum atomic E-state index is 0.453. The first-order valence-corrected chi connectivity index (χ1v) is 10.2. The molecule has 1 aromatic carbocycles. The van der Waals surface area contributed by atoms with E-state index in [4.69, 9.17) is 10.5 Å². The summed E-state index contributed by atoms with van der Waals surface area (Å²) < 4.78 is 5.39. The number of nitrogens with one attached hydrogen (secondary N) is 1. The summed E-state index contributed by atoms with van der Waals surface area (Å²) in [6.07, 6.45) is 2.54. The van der Waals surface area contributed by atoms with Crippen LogP contribution in [0.25, 0.3) is 0 Å². The molecule has 0 aromatic heterocycles. The number of thioether (sulfide) groups is 1. The Morgan fingerprint density at radius 2 is 2.28 bits per heavy atom. The third-order valence-corrected chi connectivity index (χ3v) is 5.97. The number of methoxy groups -OCH3 is 1. The number of rotatable bonds is 9. The molecule has 0 aliphatic carbocycles. The highest BCUT2D eigenvalue weighted by atomic mass is 32.2. The molecule has 1 heterocycles. The van der Waals surface area contributed by atoms with Gasteiger partial charge in [-0.2, -0.15) is 0 Å². The Hall–Kier alpha value is -1.40. The maximum Gasteiger partial charge on any atom is 0.188 e. The Kier molecular flexibility index (Phi) is 8.41. The van der Waals surface area contributed by atoms with E-state index in [-0.39, 0.29) is 0 Å². The van der Waals surface area contributed by atoms with Crippen LogP contribution in [0.5, 0.6) is 5.75 Å².